The second-order valence-corrected chi connectivity index (χ2v) is 10.7. The van der Waals surface area contributed by atoms with Crippen LogP contribution in [0.4, 0.5) is 0 Å². The van der Waals surface area contributed by atoms with Crippen molar-refractivity contribution < 1.29 is 29.9 Å². The smallest absolute Gasteiger partial charge is 0.113 e. The molecule has 0 radical (unpaired) electrons. The minimum atomic E-state index is -1.44. The average Bonchev–Trinajstić information content (AvgIpc) is 3.51. The van der Waals surface area contributed by atoms with Gasteiger partial charge in [-0.25, -0.2) is 0 Å². The highest BCUT2D eigenvalue weighted by molar-refractivity contribution is 6.31. The summed E-state index contributed by atoms with van der Waals surface area (Å²) in [7, 11) is 0. The third-order valence-electron chi connectivity index (χ3n) is 7.75. The molecule has 1 spiro atoms. The molecule has 1 aromatic carbocycles. The van der Waals surface area contributed by atoms with Crippen LogP contribution in [0.25, 0.3) is 0 Å². The third-order valence-corrected chi connectivity index (χ3v) is 8.20. The number of aliphatic hydroxyl groups excluding tert-OH is 4. The van der Waals surface area contributed by atoms with E-state index < -0.39 is 37.1 Å². The zero-order valence-electron chi connectivity index (χ0n) is 20.3. The average molecular weight is 505 g/mol. The van der Waals surface area contributed by atoms with Crippen LogP contribution in [-0.4, -0.2) is 69.8 Å². The topological polar surface area (TPSA) is 99.4 Å². The number of aliphatic hydroxyl groups is 4. The van der Waals surface area contributed by atoms with Gasteiger partial charge in [-0.15, -0.1) is 0 Å². The van der Waals surface area contributed by atoms with Crippen molar-refractivity contribution >= 4 is 11.6 Å². The monoisotopic (exact) mass is 504 g/mol. The molecule has 0 amide bonds. The molecule has 3 aliphatic rings. The van der Waals surface area contributed by atoms with Gasteiger partial charge in [0.15, 0.2) is 0 Å². The molecule has 2 saturated heterocycles. The maximum Gasteiger partial charge on any atom is 0.113 e. The highest BCUT2D eigenvalue weighted by Gasteiger charge is 2.44. The van der Waals surface area contributed by atoms with Crippen molar-refractivity contribution in [1.82, 2.24) is 0 Å². The summed E-state index contributed by atoms with van der Waals surface area (Å²) < 4.78 is 11.7. The molecule has 35 heavy (non-hydrogen) atoms. The first-order chi connectivity index (χ1) is 16.7. The summed E-state index contributed by atoms with van der Waals surface area (Å²) in [6, 6.07) is 8.71. The van der Waals surface area contributed by atoms with Crippen LogP contribution in [0.3, 0.4) is 0 Å². The lowest BCUT2D eigenvalue weighted by Gasteiger charge is -2.40. The molecule has 7 heteroatoms. The normalized spacial score (nSPS) is 33.4. The molecule has 2 heterocycles. The summed E-state index contributed by atoms with van der Waals surface area (Å²) in [4.78, 5) is 0. The molecule has 3 fully saturated rings. The lowest BCUT2D eigenvalue weighted by Crippen LogP contribution is -2.58. The van der Waals surface area contributed by atoms with Crippen molar-refractivity contribution in [3.05, 3.63) is 70.3 Å². The molecule has 0 aromatic heterocycles. The molecule has 1 saturated carbocycles. The fourth-order valence-corrected chi connectivity index (χ4v) is 5.68. The van der Waals surface area contributed by atoms with Gasteiger partial charge in [-0.3, -0.25) is 0 Å². The summed E-state index contributed by atoms with van der Waals surface area (Å²) in [6.45, 7) is 6.20. The van der Waals surface area contributed by atoms with Gasteiger partial charge in [0.25, 0.3) is 0 Å². The lowest BCUT2D eigenvalue weighted by atomic mass is 9.88. The van der Waals surface area contributed by atoms with Gasteiger partial charge in [-0.2, -0.15) is 0 Å². The Labute approximate surface area is 212 Å². The van der Waals surface area contributed by atoms with E-state index >= 15 is 0 Å². The number of halogens is 1. The molecule has 192 valence electrons. The highest BCUT2D eigenvalue weighted by atomic mass is 35.5. The minimum absolute atomic E-state index is 0.127. The van der Waals surface area contributed by atoms with Crippen molar-refractivity contribution in [3.8, 4) is 0 Å². The molecular formula is C28H37ClO6. The van der Waals surface area contributed by atoms with Gasteiger partial charge in [0.05, 0.1) is 18.8 Å². The zero-order chi connectivity index (χ0) is 25.2. The zero-order valence-corrected chi connectivity index (χ0v) is 21.0. The minimum Gasteiger partial charge on any atom is -0.394 e. The van der Waals surface area contributed by atoms with E-state index in [1.165, 1.54) is 36.8 Å². The number of allylic oxidation sites excluding steroid dienone is 3. The van der Waals surface area contributed by atoms with Crippen molar-refractivity contribution in [1.29, 1.82) is 0 Å². The van der Waals surface area contributed by atoms with Gasteiger partial charge >= 0.3 is 0 Å². The number of ether oxygens (including phenoxy) is 2. The van der Waals surface area contributed by atoms with E-state index in [-0.39, 0.29) is 5.60 Å². The Bertz CT molecular complexity index is 947. The van der Waals surface area contributed by atoms with Crippen LogP contribution in [0.5, 0.6) is 0 Å². The Kier molecular flexibility index (Phi) is 8.54. The predicted molar refractivity (Wildman–Crippen MR) is 135 cm³/mol. The fraction of sp³-hybridized carbons (Fsp3) is 0.571. The van der Waals surface area contributed by atoms with Gasteiger partial charge in [0, 0.05) is 11.0 Å². The maximum absolute atomic E-state index is 10.3. The van der Waals surface area contributed by atoms with E-state index in [2.05, 4.69) is 30.8 Å². The van der Waals surface area contributed by atoms with E-state index in [1.54, 1.807) is 12.2 Å². The quantitative estimate of drug-likeness (QED) is 0.424. The van der Waals surface area contributed by atoms with Crippen LogP contribution in [-0.2, 0) is 15.9 Å². The molecule has 2 aliphatic heterocycles. The predicted octanol–water partition coefficient (Wildman–Crippen LogP) is 3.51. The standard InChI is InChI=1S/C28H37ClO6/c1-17(27-26(33)25(32)24(31)23(15-30)35-27)5-10-22(29)18(2)13-19-6-8-20(9-7-19)21-14-28(34-16-21)11-3-4-12-28/h5-10,21,23-27,30-33H,1,3-4,11-16H2,2H3/b10-5-,22-18-/t21?,23-,24-,25+,26-,27+/m1/s1. The second-order valence-electron chi connectivity index (χ2n) is 10.3. The molecule has 1 unspecified atom stereocenters. The molecule has 1 aromatic rings. The molecule has 1 aliphatic carbocycles. The Morgan fingerprint density at radius 3 is 2.43 bits per heavy atom. The molecule has 4 rings (SSSR count). The van der Waals surface area contributed by atoms with Gasteiger partial charge in [0.1, 0.15) is 30.5 Å². The molecule has 6 nitrogen and oxygen atoms in total. The number of benzene rings is 1. The lowest BCUT2D eigenvalue weighted by molar-refractivity contribution is -0.218. The van der Waals surface area contributed by atoms with E-state index in [1.807, 2.05) is 6.92 Å². The second kappa shape index (κ2) is 11.3. The summed E-state index contributed by atoms with van der Waals surface area (Å²) in [6.07, 6.45) is 3.96. The number of hydrogen-bond donors (Lipinski definition) is 4. The third kappa shape index (κ3) is 5.91. The fourth-order valence-electron chi connectivity index (χ4n) is 5.55. The van der Waals surface area contributed by atoms with Crippen LogP contribution < -0.4 is 0 Å². The molecule has 0 bridgehead atoms. The Hall–Kier alpha value is -1.51. The van der Waals surface area contributed by atoms with Crippen molar-refractivity contribution in [3.63, 3.8) is 0 Å². The van der Waals surface area contributed by atoms with Crippen LogP contribution in [0.1, 0.15) is 56.1 Å². The first-order valence-corrected chi connectivity index (χ1v) is 12.9. The van der Waals surface area contributed by atoms with Crippen molar-refractivity contribution in [2.24, 2.45) is 0 Å². The first kappa shape index (κ1) is 26.6. The Morgan fingerprint density at radius 1 is 1.09 bits per heavy atom. The summed E-state index contributed by atoms with van der Waals surface area (Å²) in [5.41, 5.74) is 3.99. The Balaban J connectivity index is 1.35. The van der Waals surface area contributed by atoms with Gasteiger partial charge in [-0.1, -0.05) is 66.9 Å². The van der Waals surface area contributed by atoms with Crippen molar-refractivity contribution in [2.45, 2.75) is 87.5 Å². The molecular weight excluding hydrogens is 468 g/mol. The number of hydrogen-bond acceptors (Lipinski definition) is 6. The van der Waals surface area contributed by atoms with E-state index in [9.17, 15) is 20.4 Å². The van der Waals surface area contributed by atoms with E-state index in [0.29, 0.717) is 22.9 Å². The summed E-state index contributed by atoms with van der Waals surface area (Å²) in [5, 5.41) is 40.1. The first-order valence-electron chi connectivity index (χ1n) is 12.5. The molecule has 6 atom stereocenters. The number of rotatable bonds is 7. The van der Waals surface area contributed by atoms with Crippen LogP contribution >= 0.6 is 11.6 Å². The van der Waals surface area contributed by atoms with Gasteiger partial charge in [0.2, 0.25) is 0 Å². The molecule has 4 N–H and O–H groups in total. The van der Waals surface area contributed by atoms with Crippen LogP contribution in [0.2, 0.25) is 0 Å². The highest BCUT2D eigenvalue weighted by Crippen LogP contribution is 2.46. The largest absolute Gasteiger partial charge is 0.394 e. The summed E-state index contributed by atoms with van der Waals surface area (Å²) >= 11 is 6.51. The van der Waals surface area contributed by atoms with Crippen molar-refractivity contribution in [2.75, 3.05) is 13.2 Å². The van der Waals surface area contributed by atoms with Crippen LogP contribution in [0.15, 0.2) is 59.2 Å². The SMILES string of the molecule is C=C(/C=C\C(Cl)=C(/C)Cc1ccc(C2COC3(CCCC3)C2)cc1)[C@@H]1O[C@H](CO)[C@@H](O)[C@H](O)[C@H]1O. The van der Waals surface area contributed by atoms with Gasteiger partial charge < -0.3 is 29.9 Å². The Morgan fingerprint density at radius 2 is 1.77 bits per heavy atom. The van der Waals surface area contributed by atoms with Crippen LogP contribution in [0, 0.1) is 0 Å². The summed E-state index contributed by atoms with van der Waals surface area (Å²) in [5.74, 6) is 0.471. The van der Waals surface area contributed by atoms with E-state index in [4.69, 9.17) is 21.1 Å². The van der Waals surface area contributed by atoms with E-state index in [0.717, 1.165) is 18.6 Å². The maximum atomic E-state index is 10.3. The van der Waals surface area contributed by atoms with Gasteiger partial charge in [-0.05, 0) is 55.4 Å².